The molecule has 1 aromatic carbocycles. The van der Waals surface area contributed by atoms with Gasteiger partial charge in [-0.3, -0.25) is 4.79 Å². The Morgan fingerprint density at radius 1 is 1.19 bits per heavy atom. The van der Waals surface area contributed by atoms with E-state index in [9.17, 15) is 4.79 Å². The molecule has 7 heteroatoms. The molecule has 0 bridgehead atoms. The molecule has 0 unspecified atom stereocenters. The van der Waals surface area contributed by atoms with Crippen LogP contribution in [0.4, 0.5) is 5.69 Å². The molecule has 4 N–H and O–H groups in total. The largest absolute Gasteiger partial charge is 0.493 e. The lowest BCUT2D eigenvalue weighted by Crippen LogP contribution is -2.10. The Balaban J connectivity index is 2.35. The van der Waals surface area contributed by atoms with Crippen molar-refractivity contribution in [1.29, 1.82) is 0 Å². The Bertz CT molecular complexity index is 873. The molecule has 3 aromatic rings. The number of ether oxygens (including phenoxy) is 2. The number of fused-ring (bicyclic) bond motifs is 2. The Labute approximate surface area is 124 Å². The standard InChI is InChI=1S/C14H13N3O3S/c1-19-9-4-6-3-7-11(15)12(13(16)18)21-14(7)17-8(6)5-10(9)20-2/h3-5H,15H2,1-2H3,(H2,16,18). The second-order valence-corrected chi connectivity index (χ2v) is 5.45. The smallest absolute Gasteiger partial charge is 0.260 e. The van der Waals surface area contributed by atoms with E-state index in [-0.39, 0.29) is 0 Å². The van der Waals surface area contributed by atoms with Gasteiger partial charge in [0.15, 0.2) is 11.5 Å². The van der Waals surface area contributed by atoms with E-state index in [1.54, 1.807) is 20.3 Å². The van der Waals surface area contributed by atoms with Crippen molar-refractivity contribution in [3.8, 4) is 11.5 Å². The first-order chi connectivity index (χ1) is 10.0. The van der Waals surface area contributed by atoms with Gasteiger partial charge in [0.05, 0.1) is 25.4 Å². The van der Waals surface area contributed by atoms with E-state index in [1.165, 1.54) is 11.3 Å². The van der Waals surface area contributed by atoms with Crippen molar-refractivity contribution in [3.05, 3.63) is 23.1 Å². The molecule has 0 aliphatic heterocycles. The van der Waals surface area contributed by atoms with Gasteiger partial charge in [-0.1, -0.05) is 0 Å². The zero-order chi connectivity index (χ0) is 15.1. The first-order valence-corrected chi connectivity index (χ1v) is 6.91. The van der Waals surface area contributed by atoms with Gasteiger partial charge < -0.3 is 20.9 Å². The van der Waals surface area contributed by atoms with Crippen LogP contribution in [0, 0.1) is 0 Å². The topological polar surface area (TPSA) is 100 Å². The summed E-state index contributed by atoms with van der Waals surface area (Å²) in [5.74, 6) is 0.654. The average Bonchev–Trinajstić information content (AvgIpc) is 2.80. The Morgan fingerprint density at radius 2 is 1.86 bits per heavy atom. The highest BCUT2D eigenvalue weighted by Gasteiger charge is 2.16. The number of benzene rings is 1. The minimum atomic E-state index is -0.547. The van der Waals surface area contributed by atoms with Crippen LogP contribution in [0.15, 0.2) is 18.2 Å². The number of carbonyl (C=O) groups excluding carboxylic acids is 1. The normalized spacial score (nSPS) is 11.0. The van der Waals surface area contributed by atoms with Crippen molar-refractivity contribution in [2.45, 2.75) is 0 Å². The summed E-state index contributed by atoms with van der Waals surface area (Å²) in [5.41, 5.74) is 12.4. The molecule has 6 nitrogen and oxygen atoms in total. The number of nitrogens with two attached hydrogens (primary N) is 2. The number of carbonyl (C=O) groups is 1. The second kappa shape index (κ2) is 4.78. The predicted molar refractivity (Wildman–Crippen MR) is 83.2 cm³/mol. The van der Waals surface area contributed by atoms with Crippen molar-refractivity contribution >= 4 is 44.1 Å². The number of methoxy groups -OCH3 is 2. The minimum Gasteiger partial charge on any atom is -0.493 e. The number of amides is 1. The summed E-state index contributed by atoms with van der Waals surface area (Å²) in [5, 5.41) is 1.56. The summed E-state index contributed by atoms with van der Waals surface area (Å²) < 4.78 is 10.5. The summed E-state index contributed by atoms with van der Waals surface area (Å²) >= 11 is 1.19. The summed E-state index contributed by atoms with van der Waals surface area (Å²) in [4.78, 5) is 16.9. The fraction of sp³-hybridized carbons (Fsp3) is 0.143. The Morgan fingerprint density at radius 3 is 2.48 bits per heavy atom. The van der Waals surface area contributed by atoms with Gasteiger partial charge in [0.2, 0.25) is 0 Å². The van der Waals surface area contributed by atoms with Crippen molar-refractivity contribution in [2.75, 3.05) is 20.0 Å². The summed E-state index contributed by atoms with van der Waals surface area (Å²) in [6.07, 6.45) is 0. The molecule has 2 aromatic heterocycles. The molecule has 0 aliphatic carbocycles. The SMILES string of the molecule is COc1cc2cc3c(N)c(C(N)=O)sc3nc2cc1OC. The maximum atomic E-state index is 11.4. The first kappa shape index (κ1) is 13.4. The third-order valence-corrected chi connectivity index (χ3v) is 4.37. The number of thiophene rings is 1. The molecule has 0 fully saturated rings. The molecule has 0 atom stereocenters. The van der Waals surface area contributed by atoms with E-state index in [0.29, 0.717) is 32.3 Å². The molecular formula is C14H13N3O3S. The van der Waals surface area contributed by atoms with Crippen molar-refractivity contribution in [2.24, 2.45) is 5.73 Å². The third kappa shape index (κ3) is 2.02. The summed E-state index contributed by atoms with van der Waals surface area (Å²) in [7, 11) is 3.14. The number of hydrogen-bond acceptors (Lipinski definition) is 6. The van der Waals surface area contributed by atoms with E-state index < -0.39 is 5.91 Å². The van der Waals surface area contributed by atoms with Crippen LogP contribution in [0.25, 0.3) is 21.1 Å². The number of pyridine rings is 1. The van der Waals surface area contributed by atoms with Gasteiger partial charge in [-0.15, -0.1) is 11.3 Å². The molecule has 0 saturated carbocycles. The maximum Gasteiger partial charge on any atom is 0.260 e. The minimum absolute atomic E-state index is 0.326. The van der Waals surface area contributed by atoms with Crippen molar-refractivity contribution < 1.29 is 14.3 Å². The van der Waals surface area contributed by atoms with Crippen LogP contribution in [0.3, 0.4) is 0 Å². The Hall–Kier alpha value is -2.54. The van der Waals surface area contributed by atoms with E-state index in [0.717, 1.165) is 10.9 Å². The van der Waals surface area contributed by atoms with Gasteiger partial charge in [0.25, 0.3) is 5.91 Å². The number of aromatic nitrogens is 1. The van der Waals surface area contributed by atoms with Crippen LogP contribution in [-0.2, 0) is 0 Å². The van der Waals surface area contributed by atoms with Gasteiger partial charge in [-0.25, -0.2) is 4.98 Å². The molecule has 21 heavy (non-hydrogen) atoms. The van der Waals surface area contributed by atoms with Gasteiger partial charge in [-0.2, -0.15) is 0 Å². The molecule has 1 amide bonds. The van der Waals surface area contributed by atoms with Crippen LogP contribution in [-0.4, -0.2) is 25.1 Å². The number of anilines is 1. The van der Waals surface area contributed by atoms with Crippen LogP contribution >= 0.6 is 11.3 Å². The molecule has 3 rings (SSSR count). The lowest BCUT2D eigenvalue weighted by molar-refractivity contribution is 0.100. The van der Waals surface area contributed by atoms with Crippen LogP contribution in [0.5, 0.6) is 11.5 Å². The van der Waals surface area contributed by atoms with E-state index in [4.69, 9.17) is 20.9 Å². The maximum absolute atomic E-state index is 11.4. The molecule has 0 saturated heterocycles. The van der Waals surface area contributed by atoms with Gasteiger partial charge >= 0.3 is 0 Å². The number of rotatable bonds is 3. The van der Waals surface area contributed by atoms with Gasteiger partial charge in [-0.05, 0) is 12.1 Å². The van der Waals surface area contributed by atoms with Crippen molar-refractivity contribution in [1.82, 2.24) is 4.98 Å². The second-order valence-electron chi connectivity index (χ2n) is 4.45. The monoisotopic (exact) mass is 303 g/mol. The van der Waals surface area contributed by atoms with E-state index >= 15 is 0 Å². The van der Waals surface area contributed by atoms with Crippen molar-refractivity contribution in [3.63, 3.8) is 0 Å². The summed E-state index contributed by atoms with van der Waals surface area (Å²) in [6, 6.07) is 5.48. The summed E-state index contributed by atoms with van der Waals surface area (Å²) in [6.45, 7) is 0. The number of primary amides is 1. The highest BCUT2D eigenvalue weighted by Crippen LogP contribution is 2.37. The van der Waals surface area contributed by atoms with E-state index in [1.807, 2.05) is 12.1 Å². The average molecular weight is 303 g/mol. The zero-order valence-corrected chi connectivity index (χ0v) is 12.3. The number of nitrogen functional groups attached to an aromatic ring is 1. The zero-order valence-electron chi connectivity index (χ0n) is 11.5. The first-order valence-electron chi connectivity index (χ1n) is 6.09. The van der Waals surface area contributed by atoms with Gasteiger partial charge in [0.1, 0.15) is 9.71 Å². The molecule has 0 radical (unpaired) electrons. The fourth-order valence-corrected chi connectivity index (χ4v) is 3.15. The van der Waals surface area contributed by atoms with Gasteiger partial charge in [0, 0.05) is 16.8 Å². The van der Waals surface area contributed by atoms with Crippen LogP contribution in [0.1, 0.15) is 9.67 Å². The quantitative estimate of drug-likeness (QED) is 0.772. The lowest BCUT2D eigenvalue weighted by Gasteiger charge is -2.08. The number of nitrogens with zero attached hydrogens (tertiary/aromatic N) is 1. The fourth-order valence-electron chi connectivity index (χ4n) is 2.21. The third-order valence-electron chi connectivity index (χ3n) is 3.24. The molecule has 2 heterocycles. The molecule has 108 valence electrons. The highest BCUT2D eigenvalue weighted by atomic mass is 32.1. The predicted octanol–water partition coefficient (Wildman–Crippen LogP) is 2.15. The lowest BCUT2D eigenvalue weighted by atomic mass is 10.1. The number of hydrogen-bond donors (Lipinski definition) is 2. The molecule has 0 aliphatic rings. The van der Waals surface area contributed by atoms with Crippen LogP contribution < -0.4 is 20.9 Å². The van der Waals surface area contributed by atoms with E-state index in [2.05, 4.69) is 4.98 Å². The molecule has 0 spiro atoms. The molecular weight excluding hydrogens is 290 g/mol. The highest BCUT2D eigenvalue weighted by molar-refractivity contribution is 7.21. The van der Waals surface area contributed by atoms with Crippen LogP contribution in [0.2, 0.25) is 0 Å². The Kier molecular flexibility index (Phi) is 3.06.